The summed E-state index contributed by atoms with van der Waals surface area (Å²) in [5.74, 6) is -0.637. The fourth-order valence-electron chi connectivity index (χ4n) is 2.92. The van der Waals surface area contributed by atoms with E-state index in [-0.39, 0.29) is 17.9 Å². The summed E-state index contributed by atoms with van der Waals surface area (Å²) in [6, 6.07) is 0. The van der Waals surface area contributed by atoms with E-state index in [1.165, 1.54) is 19.3 Å². The molecule has 1 aliphatic carbocycles. The standard InChI is InChI=1S/C15H28N2O3/c1-16-15(9-5-3-6-10-15)12-13(18)17-11-7-2-4-8-14(19)20/h16H,2-12H2,1H3,(H,17,18)(H,19,20). The van der Waals surface area contributed by atoms with Gasteiger partial charge in [0.25, 0.3) is 0 Å². The second-order valence-corrected chi connectivity index (χ2v) is 5.82. The number of amides is 1. The Balaban J connectivity index is 2.14. The van der Waals surface area contributed by atoms with Crippen molar-refractivity contribution in [2.45, 2.75) is 69.7 Å². The van der Waals surface area contributed by atoms with Crippen LogP contribution in [0.4, 0.5) is 0 Å². The second kappa shape index (κ2) is 8.95. The fraction of sp³-hybridized carbons (Fsp3) is 0.867. The topological polar surface area (TPSA) is 78.4 Å². The Hall–Kier alpha value is -1.10. The number of carboxylic acid groups (broad SMARTS) is 1. The van der Waals surface area contributed by atoms with Gasteiger partial charge in [0, 0.05) is 24.9 Å². The summed E-state index contributed by atoms with van der Waals surface area (Å²) < 4.78 is 0. The highest BCUT2D eigenvalue weighted by molar-refractivity contribution is 5.77. The van der Waals surface area contributed by atoms with E-state index in [2.05, 4.69) is 10.6 Å². The molecule has 1 rings (SSSR count). The van der Waals surface area contributed by atoms with Crippen LogP contribution < -0.4 is 10.6 Å². The van der Waals surface area contributed by atoms with Crippen LogP contribution in [-0.4, -0.2) is 36.1 Å². The first kappa shape index (κ1) is 17.0. The molecule has 5 heteroatoms. The summed E-state index contributed by atoms with van der Waals surface area (Å²) in [7, 11) is 1.95. The number of carbonyl (C=O) groups is 2. The van der Waals surface area contributed by atoms with Crippen molar-refractivity contribution in [3.63, 3.8) is 0 Å². The molecule has 0 aromatic heterocycles. The second-order valence-electron chi connectivity index (χ2n) is 5.82. The van der Waals surface area contributed by atoms with E-state index in [1.807, 2.05) is 7.05 Å². The van der Waals surface area contributed by atoms with Crippen molar-refractivity contribution in [3.05, 3.63) is 0 Å². The third-order valence-electron chi connectivity index (χ3n) is 4.23. The number of carboxylic acids is 1. The number of aliphatic carboxylic acids is 1. The maximum Gasteiger partial charge on any atom is 0.303 e. The molecule has 0 saturated heterocycles. The first-order valence-electron chi connectivity index (χ1n) is 7.75. The van der Waals surface area contributed by atoms with E-state index >= 15 is 0 Å². The zero-order valence-corrected chi connectivity index (χ0v) is 12.5. The van der Waals surface area contributed by atoms with Gasteiger partial charge in [0.2, 0.25) is 5.91 Å². The molecule has 0 aromatic carbocycles. The van der Waals surface area contributed by atoms with Crippen molar-refractivity contribution < 1.29 is 14.7 Å². The summed E-state index contributed by atoms with van der Waals surface area (Å²) >= 11 is 0. The molecule has 0 heterocycles. The Kier molecular flexibility index (Phi) is 7.59. The molecular weight excluding hydrogens is 256 g/mol. The van der Waals surface area contributed by atoms with Crippen LogP contribution in [0, 0.1) is 0 Å². The van der Waals surface area contributed by atoms with Crippen molar-refractivity contribution in [2.24, 2.45) is 0 Å². The first-order valence-corrected chi connectivity index (χ1v) is 7.75. The molecule has 1 amide bonds. The van der Waals surface area contributed by atoms with Crippen LogP contribution in [0.3, 0.4) is 0 Å². The highest BCUT2D eigenvalue weighted by atomic mass is 16.4. The van der Waals surface area contributed by atoms with Crippen LogP contribution in [0.5, 0.6) is 0 Å². The molecule has 1 fully saturated rings. The zero-order chi connectivity index (χ0) is 14.8. The van der Waals surface area contributed by atoms with Crippen molar-refractivity contribution in [1.82, 2.24) is 10.6 Å². The zero-order valence-electron chi connectivity index (χ0n) is 12.5. The van der Waals surface area contributed by atoms with Gasteiger partial charge < -0.3 is 15.7 Å². The number of hydrogen-bond donors (Lipinski definition) is 3. The molecule has 1 aliphatic rings. The molecule has 20 heavy (non-hydrogen) atoms. The Morgan fingerprint density at radius 2 is 1.80 bits per heavy atom. The Labute approximate surface area is 121 Å². The summed E-state index contributed by atoms with van der Waals surface area (Å²) in [5, 5.41) is 14.8. The predicted molar refractivity (Wildman–Crippen MR) is 78.6 cm³/mol. The molecule has 5 nitrogen and oxygen atoms in total. The van der Waals surface area contributed by atoms with Gasteiger partial charge >= 0.3 is 5.97 Å². The molecule has 0 aromatic rings. The Morgan fingerprint density at radius 3 is 2.40 bits per heavy atom. The van der Waals surface area contributed by atoms with Gasteiger partial charge in [0.05, 0.1) is 0 Å². The lowest BCUT2D eigenvalue weighted by Crippen LogP contribution is -2.48. The molecule has 0 spiro atoms. The lowest BCUT2D eigenvalue weighted by atomic mass is 9.79. The molecule has 0 aliphatic heterocycles. The SMILES string of the molecule is CNC1(CC(=O)NCCCCCC(=O)O)CCCCC1. The van der Waals surface area contributed by atoms with Gasteiger partial charge in [-0.25, -0.2) is 0 Å². The lowest BCUT2D eigenvalue weighted by molar-refractivity contribution is -0.137. The van der Waals surface area contributed by atoms with Gasteiger partial charge in [-0.1, -0.05) is 25.7 Å². The molecule has 3 N–H and O–H groups in total. The Bertz CT molecular complexity index is 312. The molecule has 1 saturated carbocycles. The van der Waals surface area contributed by atoms with Crippen molar-refractivity contribution in [2.75, 3.05) is 13.6 Å². The van der Waals surface area contributed by atoms with E-state index in [4.69, 9.17) is 5.11 Å². The van der Waals surface area contributed by atoms with Crippen molar-refractivity contribution in [3.8, 4) is 0 Å². The molecular formula is C15H28N2O3. The van der Waals surface area contributed by atoms with Gasteiger partial charge in [-0.15, -0.1) is 0 Å². The normalized spacial score (nSPS) is 17.6. The number of nitrogens with one attached hydrogen (secondary N) is 2. The van der Waals surface area contributed by atoms with Crippen LogP contribution in [-0.2, 0) is 9.59 Å². The average Bonchev–Trinajstić information content (AvgIpc) is 2.43. The summed E-state index contributed by atoms with van der Waals surface area (Å²) in [5.41, 5.74) is -0.00829. The summed E-state index contributed by atoms with van der Waals surface area (Å²) in [6.07, 6.45) is 8.99. The molecule has 0 bridgehead atoms. The van der Waals surface area contributed by atoms with Gasteiger partial charge in [-0.05, 0) is 32.7 Å². The highest BCUT2D eigenvalue weighted by Crippen LogP contribution is 2.30. The number of hydrogen-bond acceptors (Lipinski definition) is 3. The monoisotopic (exact) mass is 284 g/mol. The third kappa shape index (κ3) is 6.37. The van der Waals surface area contributed by atoms with Crippen LogP contribution in [0.1, 0.15) is 64.2 Å². The van der Waals surface area contributed by atoms with Gasteiger partial charge in [-0.2, -0.15) is 0 Å². The largest absolute Gasteiger partial charge is 0.481 e. The smallest absolute Gasteiger partial charge is 0.303 e. The fourth-order valence-corrected chi connectivity index (χ4v) is 2.92. The molecule has 0 radical (unpaired) electrons. The van der Waals surface area contributed by atoms with Crippen LogP contribution in [0.25, 0.3) is 0 Å². The molecule has 0 atom stereocenters. The number of unbranched alkanes of at least 4 members (excludes halogenated alkanes) is 2. The molecule has 116 valence electrons. The average molecular weight is 284 g/mol. The summed E-state index contributed by atoms with van der Waals surface area (Å²) in [4.78, 5) is 22.3. The van der Waals surface area contributed by atoms with Crippen LogP contribution in [0.2, 0.25) is 0 Å². The van der Waals surface area contributed by atoms with Crippen molar-refractivity contribution in [1.29, 1.82) is 0 Å². The number of carbonyl (C=O) groups excluding carboxylic acids is 1. The van der Waals surface area contributed by atoms with Gasteiger partial charge in [0.1, 0.15) is 0 Å². The maximum atomic E-state index is 12.0. The third-order valence-corrected chi connectivity index (χ3v) is 4.23. The maximum absolute atomic E-state index is 12.0. The van der Waals surface area contributed by atoms with Crippen molar-refractivity contribution >= 4 is 11.9 Å². The predicted octanol–water partition coefficient (Wildman–Crippen LogP) is 2.06. The molecule has 0 unspecified atom stereocenters. The van der Waals surface area contributed by atoms with Crippen LogP contribution >= 0.6 is 0 Å². The summed E-state index contributed by atoms with van der Waals surface area (Å²) in [6.45, 7) is 0.651. The van der Waals surface area contributed by atoms with Gasteiger partial charge in [-0.3, -0.25) is 9.59 Å². The first-order chi connectivity index (χ1) is 9.58. The van der Waals surface area contributed by atoms with E-state index in [0.29, 0.717) is 19.4 Å². The number of rotatable bonds is 9. The van der Waals surface area contributed by atoms with E-state index in [9.17, 15) is 9.59 Å². The van der Waals surface area contributed by atoms with E-state index in [1.54, 1.807) is 0 Å². The van der Waals surface area contributed by atoms with E-state index < -0.39 is 5.97 Å². The minimum absolute atomic E-state index is 0.00829. The minimum atomic E-state index is -0.748. The quantitative estimate of drug-likeness (QED) is 0.566. The minimum Gasteiger partial charge on any atom is -0.481 e. The lowest BCUT2D eigenvalue weighted by Gasteiger charge is -2.36. The highest BCUT2D eigenvalue weighted by Gasteiger charge is 2.32. The van der Waals surface area contributed by atoms with Crippen LogP contribution in [0.15, 0.2) is 0 Å². The van der Waals surface area contributed by atoms with Gasteiger partial charge in [0.15, 0.2) is 0 Å². The Morgan fingerprint density at radius 1 is 1.10 bits per heavy atom. The van der Waals surface area contributed by atoms with E-state index in [0.717, 1.165) is 25.7 Å².